The van der Waals surface area contributed by atoms with Crippen molar-refractivity contribution in [2.24, 2.45) is 0 Å². The molecule has 2 rings (SSSR count). The molecule has 0 saturated heterocycles. The number of H-pyrrole nitrogens is 1. The quantitative estimate of drug-likeness (QED) is 0.850. The monoisotopic (exact) mass is 233 g/mol. The molecule has 0 fully saturated rings. The Morgan fingerprint density at radius 2 is 1.94 bits per heavy atom. The summed E-state index contributed by atoms with van der Waals surface area (Å²) in [6.07, 6.45) is 0. The molecule has 0 saturated carbocycles. The van der Waals surface area contributed by atoms with E-state index in [9.17, 15) is 0 Å². The number of nitrogen functional groups attached to an aromatic ring is 1. The highest BCUT2D eigenvalue weighted by atomic mass is 16.5. The van der Waals surface area contributed by atoms with E-state index in [0.717, 1.165) is 22.6 Å². The van der Waals surface area contributed by atoms with E-state index in [0.29, 0.717) is 11.6 Å². The fraction of sp³-hybridized carbons (Fsp3) is 0.250. The van der Waals surface area contributed by atoms with E-state index in [1.165, 1.54) is 0 Å². The lowest BCUT2D eigenvalue weighted by atomic mass is 10.1. The van der Waals surface area contributed by atoms with Crippen molar-refractivity contribution in [3.63, 3.8) is 0 Å². The van der Waals surface area contributed by atoms with Crippen molar-refractivity contribution in [3.05, 3.63) is 23.8 Å². The van der Waals surface area contributed by atoms with Gasteiger partial charge in [-0.2, -0.15) is 5.10 Å². The van der Waals surface area contributed by atoms with Crippen LogP contribution in [-0.4, -0.2) is 24.4 Å². The zero-order valence-corrected chi connectivity index (χ0v) is 10.1. The smallest absolute Gasteiger partial charge is 0.163 e. The van der Waals surface area contributed by atoms with Gasteiger partial charge in [-0.25, -0.2) is 0 Å². The van der Waals surface area contributed by atoms with E-state index in [4.69, 9.17) is 15.2 Å². The fourth-order valence-corrected chi connectivity index (χ4v) is 1.80. The van der Waals surface area contributed by atoms with Crippen LogP contribution in [-0.2, 0) is 0 Å². The molecule has 90 valence electrons. The van der Waals surface area contributed by atoms with Crippen molar-refractivity contribution in [1.29, 1.82) is 0 Å². The fourth-order valence-electron chi connectivity index (χ4n) is 1.80. The van der Waals surface area contributed by atoms with Crippen LogP contribution < -0.4 is 15.2 Å². The normalized spacial score (nSPS) is 10.3. The van der Waals surface area contributed by atoms with E-state index in [-0.39, 0.29) is 0 Å². The summed E-state index contributed by atoms with van der Waals surface area (Å²) < 4.78 is 10.6. The van der Waals surface area contributed by atoms with E-state index >= 15 is 0 Å². The maximum Gasteiger partial charge on any atom is 0.163 e. The maximum atomic E-state index is 5.58. The molecule has 5 heteroatoms. The molecule has 0 aliphatic heterocycles. The third-order valence-corrected chi connectivity index (χ3v) is 2.57. The topological polar surface area (TPSA) is 73.2 Å². The van der Waals surface area contributed by atoms with Gasteiger partial charge in [0, 0.05) is 11.6 Å². The van der Waals surface area contributed by atoms with E-state index in [1.54, 1.807) is 20.3 Å². The van der Waals surface area contributed by atoms with Crippen LogP contribution in [0.25, 0.3) is 11.3 Å². The Hall–Kier alpha value is -2.17. The van der Waals surface area contributed by atoms with Crippen molar-refractivity contribution < 1.29 is 9.47 Å². The molecule has 1 heterocycles. The largest absolute Gasteiger partial charge is 0.493 e. The summed E-state index contributed by atoms with van der Waals surface area (Å²) in [4.78, 5) is 0. The standard InChI is InChI=1S/C12H15N3O2/c1-7-4-8(9-6-11(13)15-14-9)5-10(16-2)12(7)17-3/h4-6H,1-3H3,(H3,13,14,15). The van der Waals surface area contributed by atoms with Crippen LogP contribution >= 0.6 is 0 Å². The lowest BCUT2D eigenvalue weighted by Gasteiger charge is -2.12. The molecule has 0 radical (unpaired) electrons. The van der Waals surface area contributed by atoms with Crippen LogP contribution in [0, 0.1) is 6.92 Å². The molecule has 5 nitrogen and oxygen atoms in total. The number of aromatic nitrogens is 2. The first-order valence-corrected chi connectivity index (χ1v) is 5.19. The molecule has 0 spiro atoms. The van der Waals surface area contributed by atoms with Gasteiger partial charge < -0.3 is 15.2 Å². The number of ether oxygens (including phenoxy) is 2. The Morgan fingerprint density at radius 1 is 1.18 bits per heavy atom. The Bertz CT molecular complexity index is 535. The van der Waals surface area contributed by atoms with Crippen LogP contribution in [0.4, 0.5) is 5.82 Å². The molecule has 0 bridgehead atoms. The van der Waals surface area contributed by atoms with Crippen LogP contribution in [0.3, 0.4) is 0 Å². The molecule has 17 heavy (non-hydrogen) atoms. The number of rotatable bonds is 3. The molecule has 3 N–H and O–H groups in total. The minimum absolute atomic E-state index is 0.465. The van der Waals surface area contributed by atoms with Gasteiger partial charge in [-0.05, 0) is 24.6 Å². The van der Waals surface area contributed by atoms with Crippen LogP contribution in [0.1, 0.15) is 5.56 Å². The summed E-state index contributed by atoms with van der Waals surface area (Å²) in [5.41, 5.74) is 8.39. The Balaban J connectivity index is 2.53. The van der Waals surface area contributed by atoms with Gasteiger partial charge >= 0.3 is 0 Å². The third kappa shape index (κ3) is 2.04. The van der Waals surface area contributed by atoms with Crippen LogP contribution in [0.2, 0.25) is 0 Å². The molecule has 2 aromatic rings. The number of anilines is 1. The zero-order chi connectivity index (χ0) is 12.4. The first-order chi connectivity index (χ1) is 8.15. The lowest BCUT2D eigenvalue weighted by molar-refractivity contribution is 0.353. The summed E-state index contributed by atoms with van der Waals surface area (Å²) in [5, 5.41) is 6.77. The molecule has 0 amide bonds. The van der Waals surface area contributed by atoms with E-state index in [1.807, 2.05) is 19.1 Å². The van der Waals surface area contributed by atoms with Crippen LogP contribution in [0.15, 0.2) is 18.2 Å². The number of methoxy groups -OCH3 is 2. The van der Waals surface area contributed by atoms with Crippen molar-refractivity contribution in [1.82, 2.24) is 10.2 Å². The molecule has 1 aromatic carbocycles. The second-order valence-corrected chi connectivity index (χ2v) is 3.74. The summed E-state index contributed by atoms with van der Waals surface area (Å²) in [6.45, 7) is 1.96. The highest BCUT2D eigenvalue weighted by Gasteiger charge is 2.11. The highest BCUT2D eigenvalue weighted by molar-refractivity contribution is 5.67. The third-order valence-electron chi connectivity index (χ3n) is 2.57. The van der Waals surface area contributed by atoms with Gasteiger partial charge in [-0.1, -0.05) is 0 Å². The second kappa shape index (κ2) is 4.37. The van der Waals surface area contributed by atoms with Gasteiger partial charge in [0.1, 0.15) is 5.82 Å². The average molecular weight is 233 g/mol. The average Bonchev–Trinajstić information content (AvgIpc) is 2.74. The van der Waals surface area contributed by atoms with Gasteiger partial charge in [-0.3, -0.25) is 5.10 Å². The van der Waals surface area contributed by atoms with Gasteiger partial charge in [0.05, 0.1) is 19.9 Å². The minimum Gasteiger partial charge on any atom is -0.493 e. The van der Waals surface area contributed by atoms with E-state index < -0.39 is 0 Å². The number of nitrogens with zero attached hydrogens (tertiary/aromatic N) is 1. The predicted octanol–water partition coefficient (Wildman–Crippen LogP) is 1.98. The molecule has 0 atom stereocenters. The number of hydrogen-bond acceptors (Lipinski definition) is 4. The van der Waals surface area contributed by atoms with Crippen molar-refractivity contribution >= 4 is 5.82 Å². The molecule has 0 aliphatic carbocycles. The summed E-state index contributed by atoms with van der Waals surface area (Å²) in [5.74, 6) is 1.90. The number of aromatic amines is 1. The van der Waals surface area contributed by atoms with Gasteiger partial charge in [0.25, 0.3) is 0 Å². The summed E-state index contributed by atoms with van der Waals surface area (Å²) >= 11 is 0. The van der Waals surface area contributed by atoms with E-state index in [2.05, 4.69) is 10.2 Å². The Morgan fingerprint density at radius 3 is 2.47 bits per heavy atom. The van der Waals surface area contributed by atoms with Gasteiger partial charge in [0.2, 0.25) is 0 Å². The van der Waals surface area contributed by atoms with Gasteiger partial charge in [-0.15, -0.1) is 0 Å². The highest BCUT2D eigenvalue weighted by Crippen LogP contribution is 2.35. The first kappa shape index (κ1) is 11.3. The molecule has 0 unspecified atom stereocenters. The van der Waals surface area contributed by atoms with Crippen molar-refractivity contribution in [2.75, 3.05) is 20.0 Å². The van der Waals surface area contributed by atoms with Crippen molar-refractivity contribution in [3.8, 4) is 22.8 Å². The second-order valence-electron chi connectivity index (χ2n) is 3.74. The minimum atomic E-state index is 0.465. The number of nitrogens with one attached hydrogen (secondary N) is 1. The van der Waals surface area contributed by atoms with Crippen molar-refractivity contribution in [2.45, 2.75) is 6.92 Å². The molecule has 1 aromatic heterocycles. The number of nitrogens with two attached hydrogens (primary N) is 1. The lowest BCUT2D eigenvalue weighted by Crippen LogP contribution is -1.94. The predicted molar refractivity (Wildman–Crippen MR) is 66.3 cm³/mol. The Kier molecular flexibility index (Phi) is 2.91. The zero-order valence-electron chi connectivity index (χ0n) is 10.1. The number of hydrogen-bond donors (Lipinski definition) is 2. The summed E-state index contributed by atoms with van der Waals surface area (Å²) in [6, 6.07) is 5.66. The van der Waals surface area contributed by atoms with Gasteiger partial charge in [0.15, 0.2) is 11.5 Å². The SMILES string of the molecule is COc1cc(-c2cc(N)n[nH]2)cc(C)c1OC. The Labute approximate surface area is 99.5 Å². The summed E-state index contributed by atoms with van der Waals surface area (Å²) in [7, 11) is 3.24. The molecule has 0 aliphatic rings. The van der Waals surface area contributed by atoms with Crippen LogP contribution in [0.5, 0.6) is 11.5 Å². The molecular weight excluding hydrogens is 218 g/mol. The number of benzene rings is 1. The number of aryl methyl sites for hydroxylation is 1. The first-order valence-electron chi connectivity index (χ1n) is 5.19. The maximum absolute atomic E-state index is 5.58. The molecular formula is C12H15N3O2.